The standard InChI is InChI=1S/C37H54ClN5O4/c1-37(2)14-12-29(13-15-37)43(36(46)33-5-4-20-47-33)30-22-32(34(44)40-18-16-39(3)17-19-40)42(24-30)35(45)31-21-26(23-41(31)28-10-11-28)25-6-8-27(38)9-7-25/h6-9,26,28-33H,4-5,10-24H2,1-3H3/t26?,30-,31?,32+,33-/m0/s1. The number of nitrogens with zero attached hydrogens (tertiary/aromatic N) is 5. The van der Waals surface area contributed by atoms with Gasteiger partial charge in [-0.1, -0.05) is 37.6 Å². The number of halogens is 1. The van der Waals surface area contributed by atoms with Crippen LogP contribution in [-0.4, -0.2) is 131 Å². The molecule has 0 aromatic heterocycles. The summed E-state index contributed by atoms with van der Waals surface area (Å²) in [5, 5.41) is 0.718. The normalized spacial score (nSPS) is 32.2. The van der Waals surface area contributed by atoms with Gasteiger partial charge in [-0.15, -0.1) is 0 Å². The molecule has 6 aliphatic rings. The third-order valence-electron chi connectivity index (χ3n) is 12.2. The van der Waals surface area contributed by atoms with E-state index in [9.17, 15) is 14.4 Å². The van der Waals surface area contributed by atoms with Gasteiger partial charge in [0.1, 0.15) is 12.1 Å². The van der Waals surface area contributed by atoms with Gasteiger partial charge >= 0.3 is 0 Å². The first kappa shape index (κ1) is 33.3. The van der Waals surface area contributed by atoms with E-state index in [2.05, 4.69) is 47.7 Å². The lowest BCUT2D eigenvalue weighted by Crippen LogP contribution is -2.56. The van der Waals surface area contributed by atoms with Crippen molar-refractivity contribution in [2.45, 2.75) is 120 Å². The zero-order valence-electron chi connectivity index (χ0n) is 28.6. The molecule has 1 aromatic carbocycles. The summed E-state index contributed by atoms with van der Waals surface area (Å²) in [5.74, 6) is 0.432. The van der Waals surface area contributed by atoms with Crippen LogP contribution in [0, 0.1) is 5.41 Å². The molecule has 4 heterocycles. The van der Waals surface area contributed by atoms with E-state index in [0.29, 0.717) is 38.7 Å². The quantitative estimate of drug-likeness (QED) is 0.430. The highest BCUT2D eigenvalue weighted by Gasteiger charge is 2.52. The predicted octanol–water partition coefficient (Wildman–Crippen LogP) is 4.38. The maximum Gasteiger partial charge on any atom is 0.252 e. The average molecular weight is 668 g/mol. The number of likely N-dealkylation sites (tertiary alicyclic amines) is 2. The Kier molecular flexibility index (Phi) is 9.64. The molecule has 2 saturated carbocycles. The Morgan fingerprint density at radius 1 is 0.851 bits per heavy atom. The summed E-state index contributed by atoms with van der Waals surface area (Å²) in [5.41, 5.74) is 1.48. The van der Waals surface area contributed by atoms with Crippen molar-refractivity contribution in [3.63, 3.8) is 0 Å². The Labute approximate surface area is 285 Å². The highest BCUT2D eigenvalue weighted by molar-refractivity contribution is 6.30. The first-order valence-electron chi connectivity index (χ1n) is 18.3. The lowest BCUT2D eigenvalue weighted by Gasteiger charge is -2.43. The number of amides is 3. The Hall–Kier alpha value is -2.20. The fourth-order valence-corrected chi connectivity index (χ4v) is 9.20. The molecule has 3 amide bonds. The van der Waals surface area contributed by atoms with E-state index < -0.39 is 12.1 Å². The monoisotopic (exact) mass is 667 g/mol. The average Bonchev–Trinajstić information content (AvgIpc) is 3.42. The highest BCUT2D eigenvalue weighted by Crippen LogP contribution is 2.43. The van der Waals surface area contributed by atoms with Crippen molar-refractivity contribution in [3.8, 4) is 0 Å². The van der Waals surface area contributed by atoms with E-state index in [1.807, 2.05) is 21.9 Å². The van der Waals surface area contributed by atoms with Crippen molar-refractivity contribution >= 4 is 29.3 Å². The van der Waals surface area contributed by atoms with Crippen LogP contribution in [0.1, 0.15) is 89.5 Å². The summed E-state index contributed by atoms with van der Waals surface area (Å²) in [6.45, 7) is 9.53. The minimum Gasteiger partial charge on any atom is -0.368 e. The van der Waals surface area contributed by atoms with Gasteiger partial charge in [0.15, 0.2) is 0 Å². The van der Waals surface area contributed by atoms with Gasteiger partial charge in [0.05, 0.1) is 12.1 Å². The number of hydrogen-bond donors (Lipinski definition) is 0. The minimum absolute atomic E-state index is 0.0495. The number of carbonyl (C=O) groups is 3. The van der Waals surface area contributed by atoms with Crippen LogP contribution in [0.5, 0.6) is 0 Å². The molecule has 0 radical (unpaired) electrons. The molecule has 7 rings (SSSR count). The lowest BCUT2D eigenvalue weighted by molar-refractivity contribution is -0.148. The van der Waals surface area contributed by atoms with Gasteiger partial charge in [-0.3, -0.25) is 19.3 Å². The lowest BCUT2D eigenvalue weighted by atomic mass is 9.75. The van der Waals surface area contributed by atoms with Gasteiger partial charge < -0.3 is 24.3 Å². The largest absolute Gasteiger partial charge is 0.368 e. The van der Waals surface area contributed by atoms with Crippen LogP contribution in [0.4, 0.5) is 0 Å². The number of piperazine rings is 1. The Bertz CT molecular complexity index is 1300. The number of hydrogen-bond acceptors (Lipinski definition) is 6. The number of benzene rings is 1. The fraction of sp³-hybridized carbons (Fsp3) is 0.757. The summed E-state index contributed by atoms with van der Waals surface area (Å²) >= 11 is 6.22. The van der Waals surface area contributed by atoms with Crippen LogP contribution in [0.3, 0.4) is 0 Å². The second-order valence-corrected chi connectivity index (χ2v) is 16.5. The number of ether oxygens (including phenoxy) is 1. The topological polar surface area (TPSA) is 76.6 Å². The van der Waals surface area contributed by atoms with Crippen LogP contribution in [-0.2, 0) is 19.1 Å². The maximum absolute atomic E-state index is 14.9. The summed E-state index contributed by atoms with van der Waals surface area (Å²) < 4.78 is 5.96. The molecule has 6 fully saturated rings. The number of carbonyl (C=O) groups excluding carboxylic acids is 3. The van der Waals surface area contributed by atoms with E-state index >= 15 is 0 Å². The Morgan fingerprint density at radius 3 is 2.19 bits per heavy atom. The summed E-state index contributed by atoms with van der Waals surface area (Å²) in [6, 6.07) is 7.61. The van der Waals surface area contributed by atoms with Crippen molar-refractivity contribution in [1.82, 2.24) is 24.5 Å². The second-order valence-electron chi connectivity index (χ2n) is 16.1. The number of rotatable bonds is 7. The van der Waals surface area contributed by atoms with Crippen molar-refractivity contribution in [2.75, 3.05) is 52.9 Å². The Balaban J connectivity index is 1.17. The van der Waals surface area contributed by atoms with E-state index in [1.165, 1.54) is 5.56 Å². The molecule has 0 spiro atoms. The molecule has 2 aliphatic carbocycles. The molecule has 10 heteroatoms. The molecule has 9 nitrogen and oxygen atoms in total. The van der Waals surface area contributed by atoms with Gasteiger partial charge in [0.25, 0.3) is 5.91 Å². The van der Waals surface area contributed by atoms with Crippen LogP contribution >= 0.6 is 11.6 Å². The number of likely N-dealkylation sites (N-methyl/N-ethyl adjacent to an activating group) is 1. The molecule has 0 N–H and O–H groups in total. The molecule has 1 aromatic rings. The van der Waals surface area contributed by atoms with Gasteiger partial charge in [-0.2, -0.15) is 0 Å². The second kappa shape index (κ2) is 13.6. The maximum atomic E-state index is 14.9. The molecule has 258 valence electrons. The smallest absolute Gasteiger partial charge is 0.252 e. The SMILES string of the molecule is CN1CCN(C(=O)[C@H]2C[C@H](N(C(=O)[C@@H]3CCCO3)C3CCC(C)(C)CC3)CN2C(=O)C2CC(c3ccc(Cl)cc3)CN2C2CC2)CC1. The fourth-order valence-electron chi connectivity index (χ4n) is 9.07. The van der Waals surface area contributed by atoms with Crippen molar-refractivity contribution in [3.05, 3.63) is 34.9 Å². The Morgan fingerprint density at radius 2 is 1.55 bits per heavy atom. The van der Waals surface area contributed by atoms with Crippen LogP contribution in [0.15, 0.2) is 24.3 Å². The van der Waals surface area contributed by atoms with Crippen molar-refractivity contribution in [2.24, 2.45) is 5.41 Å². The zero-order valence-corrected chi connectivity index (χ0v) is 29.4. The molecule has 0 bridgehead atoms. The van der Waals surface area contributed by atoms with Gasteiger partial charge in [-0.05, 0) is 100 Å². The summed E-state index contributed by atoms with van der Waals surface area (Å²) in [6.07, 6.45) is 8.74. The van der Waals surface area contributed by atoms with Crippen molar-refractivity contribution < 1.29 is 19.1 Å². The van der Waals surface area contributed by atoms with Crippen molar-refractivity contribution in [1.29, 1.82) is 0 Å². The zero-order chi connectivity index (χ0) is 32.9. The highest BCUT2D eigenvalue weighted by atomic mass is 35.5. The molecule has 5 atom stereocenters. The van der Waals surface area contributed by atoms with Gasteiger partial charge in [0, 0.05) is 63.0 Å². The van der Waals surface area contributed by atoms with E-state index in [4.69, 9.17) is 16.3 Å². The molecule has 47 heavy (non-hydrogen) atoms. The van der Waals surface area contributed by atoms with Crippen LogP contribution < -0.4 is 0 Å². The minimum atomic E-state index is -0.550. The van der Waals surface area contributed by atoms with Crippen LogP contribution in [0.2, 0.25) is 5.02 Å². The first-order chi connectivity index (χ1) is 22.6. The predicted molar refractivity (Wildman–Crippen MR) is 182 cm³/mol. The summed E-state index contributed by atoms with van der Waals surface area (Å²) in [7, 11) is 2.09. The van der Waals surface area contributed by atoms with E-state index in [0.717, 1.165) is 82.4 Å². The van der Waals surface area contributed by atoms with E-state index in [1.54, 1.807) is 0 Å². The first-order valence-corrected chi connectivity index (χ1v) is 18.7. The molecule has 2 unspecified atom stereocenters. The van der Waals surface area contributed by atoms with Gasteiger partial charge in [0.2, 0.25) is 11.8 Å². The third-order valence-corrected chi connectivity index (χ3v) is 12.5. The molecule has 4 aliphatic heterocycles. The third kappa shape index (κ3) is 7.10. The molecule has 4 saturated heterocycles. The molecular formula is C37H54ClN5O4. The van der Waals surface area contributed by atoms with Crippen LogP contribution in [0.25, 0.3) is 0 Å². The summed E-state index contributed by atoms with van der Waals surface area (Å²) in [4.78, 5) is 54.2. The van der Waals surface area contributed by atoms with E-state index in [-0.39, 0.29) is 47.2 Å². The van der Waals surface area contributed by atoms with Gasteiger partial charge in [-0.25, -0.2) is 0 Å². The molecular weight excluding hydrogens is 614 g/mol.